The monoisotopic (exact) mass is 253 g/mol. The van der Waals surface area contributed by atoms with E-state index in [1.807, 2.05) is 0 Å². The normalized spacial score (nSPS) is 26.2. The molecule has 0 bridgehead atoms. The second-order valence-electron chi connectivity index (χ2n) is 6.31. The molecule has 0 aromatic rings. The average molecular weight is 253 g/mol. The first-order valence-electron chi connectivity index (χ1n) is 8.49. The van der Waals surface area contributed by atoms with Crippen LogP contribution in [0.25, 0.3) is 0 Å². The van der Waals surface area contributed by atoms with Gasteiger partial charge in [-0.3, -0.25) is 0 Å². The van der Waals surface area contributed by atoms with Crippen LogP contribution in [0.1, 0.15) is 84.5 Å². The van der Waals surface area contributed by atoms with Crippen molar-refractivity contribution < 1.29 is 0 Å². The fraction of sp³-hybridized carbons (Fsp3) is 1.00. The van der Waals surface area contributed by atoms with Crippen molar-refractivity contribution in [1.82, 2.24) is 5.32 Å². The molecule has 0 spiro atoms. The number of unbranched alkanes of at least 4 members (excludes halogenated alkanes) is 3. The van der Waals surface area contributed by atoms with Gasteiger partial charge in [-0.15, -0.1) is 0 Å². The summed E-state index contributed by atoms with van der Waals surface area (Å²) < 4.78 is 0. The Hall–Kier alpha value is -0.0400. The molecule has 0 radical (unpaired) electrons. The molecule has 1 rings (SSSR count). The quantitative estimate of drug-likeness (QED) is 0.560. The Kier molecular flexibility index (Phi) is 8.75. The largest absolute Gasteiger partial charge is 0.317 e. The van der Waals surface area contributed by atoms with Crippen molar-refractivity contribution in [2.75, 3.05) is 7.05 Å². The topological polar surface area (TPSA) is 12.0 Å². The molecule has 0 amide bonds. The molecule has 1 aliphatic carbocycles. The van der Waals surface area contributed by atoms with Crippen molar-refractivity contribution in [1.29, 1.82) is 0 Å². The summed E-state index contributed by atoms with van der Waals surface area (Å²) in [6.07, 6.45) is 15.8. The highest BCUT2D eigenvalue weighted by Gasteiger charge is 2.25. The fourth-order valence-corrected chi connectivity index (χ4v) is 3.60. The number of hydrogen-bond acceptors (Lipinski definition) is 1. The molecule has 108 valence electrons. The van der Waals surface area contributed by atoms with Gasteiger partial charge in [0.25, 0.3) is 0 Å². The summed E-state index contributed by atoms with van der Waals surface area (Å²) in [6.45, 7) is 4.61. The van der Waals surface area contributed by atoms with Gasteiger partial charge in [0.1, 0.15) is 0 Å². The summed E-state index contributed by atoms with van der Waals surface area (Å²) in [5.74, 6) is 2.01. The first-order chi connectivity index (χ1) is 8.81. The molecular formula is C17H35N. The highest BCUT2D eigenvalue weighted by Crippen LogP contribution is 2.34. The molecule has 0 aromatic carbocycles. The minimum atomic E-state index is 0.795. The van der Waals surface area contributed by atoms with E-state index < -0.39 is 0 Å². The Balaban J connectivity index is 2.22. The van der Waals surface area contributed by atoms with Crippen LogP contribution in [0.2, 0.25) is 0 Å². The van der Waals surface area contributed by atoms with Gasteiger partial charge in [-0.25, -0.2) is 0 Å². The molecular weight excluding hydrogens is 218 g/mol. The van der Waals surface area contributed by atoms with Gasteiger partial charge in [0.15, 0.2) is 0 Å². The minimum Gasteiger partial charge on any atom is -0.317 e. The van der Waals surface area contributed by atoms with E-state index in [0.717, 1.165) is 17.9 Å². The van der Waals surface area contributed by atoms with Crippen LogP contribution in [0.3, 0.4) is 0 Å². The molecule has 0 aromatic heterocycles. The summed E-state index contributed by atoms with van der Waals surface area (Å²) in [7, 11) is 2.17. The van der Waals surface area contributed by atoms with E-state index in [1.165, 1.54) is 70.6 Å². The molecule has 1 atom stereocenters. The Morgan fingerprint density at radius 1 is 0.944 bits per heavy atom. The zero-order chi connectivity index (χ0) is 13.2. The van der Waals surface area contributed by atoms with Crippen LogP contribution in [0.5, 0.6) is 0 Å². The molecule has 0 aliphatic heterocycles. The maximum Gasteiger partial charge on any atom is 0.00923 e. The lowest BCUT2D eigenvalue weighted by molar-refractivity contribution is 0.209. The molecule has 1 aliphatic rings. The van der Waals surface area contributed by atoms with Crippen molar-refractivity contribution >= 4 is 0 Å². The number of hydrogen-bond donors (Lipinski definition) is 1. The maximum atomic E-state index is 3.59. The summed E-state index contributed by atoms with van der Waals surface area (Å²) in [4.78, 5) is 0. The highest BCUT2D eigenvalue weighted by atomic mass is 14.9. The Morgan fingerprint density at radius 3 is 2.17 bits per heavy atom. The van der Waals surface area contributed by atoms with E-state index in [2.05, 4.69) is 26.2 Å². The second kappa shape index (κ2) is 9.83. The smallest absolute Gasteiger partial charge is 0.00923 e. The standard InChI is InChI=1S/C17H35N/c1-4-6-8-10-17(18-3)16-13-11-15(12-14-16)9-7-5-2/h15-18H,4-14H2,1-3H3. The van der Waals surface area contributed by atoms with Crippen molar-refractivity contribution in [3.63, 3.8) is 0 Å². The zero-order valence-electron chi connectivity index (χ0n) is 13.0. The van der Waals surface area contributed by atoms with E-state index >= 15 is 0 Å². The molecule has 1 saturated carbocycles. The molecule has 0 saturated heterocycles. The third-order valence-corrected chi connectivity index (χ3v) is 4.92. The fourth-order valence-electron chi connectivity index (χ4n) is 3.60. The van der Waals surface area contributed by atoms with Crippen LogP contribution in [0, 0.1) is 11.8 Å². The van der Waals surface area contributed by atoms with Crippen LogP contribution in [-0.4, -0.2) is 13.1 Å². The van der Waals surface area contributed by atoms with Crippen LogP contribution < -0.4 is 5.32 Å². The lowest BCUT2D eigenvalue weighted by Gasteiger charge is -2.34. The van der Waals surface area contributed by atoms with Crippen molar-refractivity contribution in [3.05, 3.63) is 0 Å². The molecule has 1 heteroatoms. The van der Waals surface area contributed by atoms with Gasteiger partial charge < -0.3 is 5.32 Å². The van der Waals surface area contributed by atoms with E-state index in [0.29, 0.717) is 0 Å². The molecule has 0 heterocycles. The Morgan fingerprint density at radius 2 is 1.61 bits per heavy atom. The predicted octanol–water partition coefficient (Wildman–Crippen LogP) is 5.15. The van der Waals surface area contributed by atoms with Gasteiger partial charge in [0.2, 0.25) is 0 Å². The number of nitrogens with one attached hydrogen (secondary N) is 1. The molecule has 1 unspecified atom stereocenters. The number of rotatable bonds is 9. The zero-order valence-corrected chi connectivity index (χ0v) is 13.0. The van der Waals surface area contributed by atoms with E-state index in [4.69, 9.17) is 0 Å². The van der Waals surface area contributed by atoms with Crippen LogP contribution >= 0.6 is 0 Å². The lowest BCUT2D eigenvalue weighted by Crippen LogP contribution is -2.35. The maximum absolute atomic E-state index is 3.59. The van der Waals surface area contributed by atoms with Gasteiger partial charge in [-0.2, -0.15) is 0 Å². The summed E-state index contributed by atoms with van der Waals surface area (Å²) >= 11 is 0. The van der Waals surface area contributed by atoms with E-state index in [-0.39, 0.29) is 0 Å². The van der Waals surface area contributed by atoms with Crippen molar-refractivity contribution in [3.8, 4) is 0 Å². The molecule has 1 fully saturated rings. The highest BCUT2D eigenvalue weighted by molar-refractivity contribution is 4.81. The average Bonchev–Trinajstić information content (AvgIpc) is 2.42. The van der Waals surface area contributed by atoms with Crippen LogP contribution in [0.4, 0.5) is 0 Å². The molecule has 1 N–H and O–H groups in total. The van der Waals surface area contributed by atoms with Gasteiger partial charge in [-0.05, 0) is 38.1 Å². The molecule has 18 heavy (non-hydrogen) atoms. The van der Waals surface area contributed by atoms with Gasteiger partial charge in [0.05, 0.1) is 0 Å². The summed E-state index contributed by atoms with van der Waals surface area (Å²) in [6, 6.07) is 0.795. The Bertz CT molecular complexity index is 182. The lowest BCUT2D eigenvalue weighted by atomic mass is 9.76. The second-order valence-corrected chi connectivity index (χ2v) is 6.31. The first kappa shape index (κ1) is 16.0. The third kappa shape index (κ3) is 5.73. The van der Waals surface area contributed by atoms with Crippen molar-refractivity contribution in [2.24, 2.45) is 11.8 Å². The van der Waals surface area contributed by atoms with Crippen molar-refractivity contribution in [2.45, 2.75) is 90.5 Å². The van der Waals surface area contributed by atoms with Gasteiger partial charge in [0, 0.05) is 6.04 Å². The van der Waals surface area contributed by atoms with Crippen LogP contribution in [0.15, 0.2) is 0 Å². The van der Waals surface area contributed by atoms with Gasteiger partial charge >= 0.3 is 0 Å². The Labute approximate surface area is 115 Å². The van der Waals surface area contributed by atoms with E-state index in [9.17, 15) is 0 Å². The SMILES string of the molecule is CCCCCC(NC)C1CCC(CCCC)CC1. The summed E-state index contributed by atoms with van der Waals surface area (Å²) in [5, 5.41) is 3.59. The summed E-state index contributed by atoms with van der Waals surface area (Å²) in [5.41, 5.74) is 0. The molecule has 1 nitrogen and oxygen atoms in total. The predicted molar refractivity (Wildman–Crippen MR) is 82.0 cm³/mol. The third-order valence-electron chi connectivity index (χ3n) is 4.92. The first-order valence-corrected chi connectivity index (χ1v) is 8.49. The van der Waals surface area contributed by atoms with Crippen LogP contribution in [-0.2, 0) is 0 Å². The minimum absolute atomic E-state index is 0.795. The van der Waals surface area contributed by atoms with E-state index in [1.54, 1.807) is 0 Å². The van der Waals surface area contributed by atoms with Gasteiger partial charge in [-0.1, -0.05) is 65.2 Å².